The van der Waals surface area contributed by atoms with Gasteiger partial charge in [0.1, 0.15) is 5.75 Å². The summed E-state index contributed by atoms with van der Waals surface area (Å²) >= 11 is 0. The van der Waals surface area contributed by atoms with E-state index in [2.05, 4.69) is 10.6 Å². The maximum Gasteiger partial charge on any atom is 0.315 e. The van der Waals surface area contributed by atoms with Gasteiger partial charge in [0.2, 0.25) is 0 Å². The number of para-hydroxylation sites is 1. The van der Waals surface area contributed by atoms with Crippen molar-refractivity contribution in [2.24, 2.45) is 0 Å². The Morgan fingerprint density at radius 3 is 2.61 bits per heavy atom. The van der Waals surface area contributed by atoms with E-state index in [1.807, 2.05) is 18.2 Å². The number of hydrogen-bond acceptors (Lipinski definition) is 2. The summed E-state index contributed by atoms with van der Waals surface area (Å²) < 4.78 is 31.3. The molecule has 2 rings (SSSR count). The molecule has 1 unspecified atom stereocenters. The molecule has 23 heavy (non-hydrogen) atoms. The highest BCUT2D eigenvalue weighted by Gasteiger charge is 2.12. The highest BCUT2D eigenvalue weighted by atomic mass is 19.2. The van der Waals surface area contributed by atoms with E-state index in [9.17, 15) is 13.6 Å². The molecule has 0 spiro atoms. The molecule has 0 fully saturated rings. The molecule has 0 aliphatic heterocycles. The van der Waals surface area contributed by atoms with Crippen LogP contribution in [0.2, 0.25) is 0 Å². The van der Waals surface area contributed by atoms with E-state index < -0.39 is 23.7 Å². The molecule has 0 heterocycles. The van der Waals surface area contributed by atoms with Crippen molar-refractivity contribution in [3.05, 3.63) is 65.2 Å². The van der Waals surface area contributed by atoms with Crippen LogP contribution in [-0.2, 0) is 6.54 Å². The van der Waals surface area contributed by atoms with E-state index in [-0.39, 0.29) is 0 Å². The van der Waals surface area contributed by atoms with Gasteiger partial charge in [-0.2, -0.15) is 0 Å². The summed E-state index contributed by atoms with van der Waals surface area (Å²) in [5.74, 6) is -1.17. The van der Waals surface area contributed by atoms with Gasteiger partial charge in [-0.1, -0.05) is 24.3 Å². The van der Waals surface area contributed by atoms with Crippen molar-refractivity contribution in [3.63, 3.8) is 0 Å². The normalized spacial score (nSPS) is 11.7. The van der Waals surface area contributed by atoms with Crippen LogP contribution in [0.15, 0.2) is 42.5 Å². The molecule has 2 N–H and O–H groups in total. The van der Waals surface area contributed by atoms with Gasteiger partial charge in [-0.05, 0) is 30.7 Å². The number of carbonyl (C=O) groups is 1. The molecule has 0 radical (unpaired) electrons. The molecule has 122 valence electrons. The summed E-state index contributed by atoms with van der Waals surface area (Å²) in [4.78, 5) is 11.9. The van der Waals surface area contributed by atoms with Gasteiger partial charge < -0.3 is 15.4 Å². The van der Waals surface area contributed by atoms with Crippen LogP contribution in [0.1, 0.15) is 24.1 Å². The van der Waals surface area contributed by atoms with Crippen molar-refractivity contribution < 1.29 is 18.3 Å². The zero-order valence-corrected chi connectivity index (χ0v) is 12.9. The Bertz CT molecular complexity index is 692. The minimum Gasteiger partial charge on any atom is -0.496 e. The van der Waals surface area contributed by atoms with Gasteiger partial charge in [0.05, 0.1) is 13.2 Å². The molecule has 2 amide bonds. The van der Waals surface area contributed by atoms with Crippen LogP contribution in [0.5, 0.6) is 5.75 Å². The number of hydrogen-bond donors (Lipinski definition) is 2. The van der Waals surface area contributed by atoms with Gasteiger partial charge in [0.15, 0.2) is 11.6 Å². The highest BCUT2D eigenvalue weighted by molar-refractivity contribution is 5.74. The van der Waals surface area contributed by atoms with Crippen LogP contribution in [0.3, 0.4) is 0 Å². The van der Waals surface area contributed by atoms with Crippen molar-refractivity contribution in [1.29, 1.82) is 0 Å². The second-order valence-electron chi connectivity index (χ2n) is 5.03. The average Bonchev–Trinajstić information content (AvgIpc) is 2.55. The molecule has 0 aromatic heterocycles. The monoisotopic (exact) mass is 320 g/mol. The molecule has 0 bridgehead atoms. The smallest absolute Gasteiger partial charge is 0.315 e. The number of amides is 2. The Kier molecular flexibility index (Phi) is 5.51. The minimum atomic E-state index is -0.939. The van der Waals surface area contributed by atoms with E-state index in [0.29, 0.717) is 17.9 Å². The number of halogens is 2. The quantitative estimate of drug-likeness (QED) is 0.885. The number of ether oxygens (including phenoxy) is 1. The van der Waals surface area contributed by atoms with Crippen molar-refractivity contribution >= 4 is 6.03 Å². The number of carbonyl (C=O) groups excluding carboxylic acids is 1. The molecule has 0 aliphatic carbocycles. The van der Waals surface area contributed by atoms with E-state index >= 15 is 0 Å². The molecule has 1 atom stereocenters. The molecule has 6 heteroatoms. The Labute approximate surface area is 133 Å². The lowest BCUT2D eigenvalue weighted by molar-refractivity contribution is 0.237. The van der Waals surface area contributed by atoms with E-state index in [0.717, 1.165) is 17.7 Å². The first-order valence-corrected chi connectivity index (χ1v) is 7.12. The van der Waals surface area contributed by atoms with Gasteiger partial charge in [-0.25, -0.2) is 13.6 Å². The zero-order chi connectivity index (χ0) is 16.8. The van der Waals surface area contributed by atoms with Crippen molar-refractivity contribution in [3.8, 4) is 5.75 Å². The molecule has 4 nitrogen and oxygen atoms in total. The van der Waals surface area contributed by atoms with Gasteiger partial charge in [0.25, 0.3) is 0 Å². The Balaban J connectivity index is 1.92. The van der Waals surface area contributed by atoms with Crippen molar-refractivity contribution in [1.82, 2.24) is 10.6 Å². The third-order valence-electron chi connectivity index (χ3n) is 3.42. The SMILES string of the molecule is COc1ccccc1CNC(=O)NC(C)c1ccc(F)c(F)c1. The first-order chi connectivity index (χ1) is 11.0. The van der Waals surface area contributed by atoms with Crippen LogP contribution in [-0.4, -0.2) is 13.1 Å². The number of methoxy groups -OCH3 is 1. The van der Waals surface area contributed by atoms with E-state index in [4.69, 9.17) is 4.74 Å². The number of nitrogens with one attached hydrogen (secondary N) is 2. The summed E-state index contributed by atoms with van der Waals surface area (Å²) in [6.07, 6.45) is 0. The van der Waals surface area contributed by atoms with Gasteiger partial charge in [0, 0.05) is 12.1 Å². The number of benzene rings is 2. The molecule has 0 saturated carbocycles. The lowest BCUT2D eigenvalue weighted by Crippen LogP contribution is -2.36. The van der Waals surface area contributed by atoms with Crippen LogP contribution >= 0.6 is 0 Å². The van der Waals surface area contributed by atoms with Crippen LogP contribution < -0.4 is 15.4 Å². The Morgan fingerprint density at radius 2 is 1.91 bits per heavy atom. The lowest BCUT2D eigenvalue weighted by Gasteiger charge is -2.16. The molecule has 2 aromatic carbocycles. The summed E-state index contributed by atoms with van der Waals surface area (Å²) in [6, 6.07) is 10.0. The van der Waals surface area contributed by atoms with Crippen LogP contribution in [0.25, 0.3) is 0 Å². The molecular formula is C17H18F2N2O2. The fourth-order valence-corrected chi connectivity index (χ4v) is 2.14. The van der Waals surface area contributed by atoms with E-state index in [1.54, 1.807) is 20.1 Å². The summed E-state index contributed by atoms with van der Waals surface area (Å²) in [5, 5.41) is 5.37. The maximum atomic E-state index is 13.2. The maximum absolute atomic E-state index is 13.2. The Morgan fingerprint density at radius 1 is 1.17 bits per heavy atom. The molecule has 0 saturated heterocycles. The van der Waals surface area contributed by atoms with Gasteiger partial charge in [-0.3, -0.25) is 0 Å². The van der Waals surface area contributed by atoms with Gasteiger partial charge in [-0.15, -0.1) is 0 Å². The topological polar surface area (TPSA) is 50.4 Å². The second-order valence-corrected chi connectivity index (χ2v) is 5.03. The highest BCUT2D eigenvalue weighted by Crippen LogP contribution is 2.17. The van der Waals surface area contributed by atoms with Crippen LogP contribution in [0.4, 0.5) is 13.6 Å². The molecular weight excluding hydrogens is 302 g/mol. The largest absolute Gasteiger partial charge is 0.496 e. The molecule has 2 aromatic rings. The average molecular weight is 320 g/mol. The standard InChI is InChI=1S/C17H18F2N2O2/c1-11(12-7-8-14(18)15(19)9-12)21-17(22)20-10-13-5-3-4-6-16(13)23-2/h3-9,11H,10H2,1-2H3,(H2,20,21,22). The van der Waals surface area contributed by atoms with Gasteiger partial charge >= 0.3 is 6.03 Å². The summed E-state index contributed by atoms with van der Waals surface area (Å²) in [7, 11) is 1.56. The fraction of sp³-hybridized carbons (Fsp3) is 0.235. The van der Waals surface area contributed by atoms with Crippen molar-refractivity contribution in [2.75, 3.05) is 7.11 Å². The first kappa shape index (κ1) is 16.7. The third kappa shape index (κ3) is 4.42. The fourth-order valence-electron chi connectivity index (χ4n) is 2.14. The van der Waals surface area contributed by atoms with Crippen molar-refractivity contribution in [2.45, 2.75) is 19.5 Å². The minimum absolute atomic E-state index is 0.292. The second kappa shape index (κ2) is 7.58. The zero-order valence-electron chi connectivity index (χ0n) is 12.9. The molecule has 0 aliphatic rings. The first-order valence-electron chi connectivity index (χ1n) is 7.12. The third-order valence-corrected chi connectivity index (χ3v) is 3.42. The predicted octanol–water partition coefficient (Wildman–Crippen LogP) is 3.53. The number of rotatable bonds is 5. The summed E-state index contributed by atoms with van der Waals surface area (Å²) in [5.41, 5.74) is 1.32. The lowest BCUT2D eigenvalue weighted by atomic mass is 10.1. The summed E-state index contributed by atoms with van der Waals surface area (Å²) in [6.45, 7) is 1.98. The number of urea groups is 1. The Hall–Kier alpha value is -2.63. The predicted molar refractivity (Wildman–Crippen MR) is 83.1 cm³/mol. The van der Waals surface area contributed by atoms with Crippen LogP contribution in [0, 0.1) is 11.6 Å². The van der Waals surface area contributed by atoms with E-state index in [1.165, 1.54) is 6.07 Å².